The topological polar surface area (TPSA) is 22.1 Å². The van der Waals surface area contributed by atoms with Gasteiger partial charge in [-0.2, -0.15) is 0 Å². The molecular weight excluding hydrogens is 198 g/mol. The third kappa shape index (κ3) is 1.81. The summed E-state index contributed by atoms with van der Waals surface area (Å²) in [6, 6.07) is 10.6. The van der Waals surface area contributed by atoms with Crippen LogP contribution in [-0.4, -0.2) is 18.2 Å². The Labute approximate surface area is 95.3 Å². The van der Waals surface area contributed by atoms with E-state index in [-0.39, 0.29) is 0 Å². The molecule has 2 aromatic rings. The van der Waals surface area contributed by atoms with Gasteiger partial charge in [0.05, 0.1) is 0 Å². The number of rotatable bonds is 1. The third-order valence-electron chi connectivity index (χ3n) is 3.29. The number of nitrogens with zero attached hydrogens (tertiary/aromatic N) is 1. The molecule has 1 aliphatic heterocycles. The predicted molar refractivity (Wildman–Crippen MR) is 64.5 cm³/mol. The summed E-state index contributed by atoms with van der Waals surface area (Å²) in [6.07, 6.45) is 4.19. The lowest BCUT2D eigenvalue weighted by Gasteiger charge is -2.21. The van der Waals surface area contributed by atoms with Gasteiger partial charge in [-0.25, -0.2) is 0 Å². The van der Waals surface area contributed by atoms with E-state index in [0.717, 1.165) is 26.1 Å². The Hall–Kier alpha value is -1.41. The summed E-state index contributed by atoms with van der Waals surface area (Å²) in [5.74, 6) is 0.582. The van der Waals surface area contributed by atoms with Gasteiger partial charge in [-0.1, -0.05) is 24.3 Å². The van der Waals surface area contributed by atoms with E-state index in [1.54, 1.807) is 0 Å². The predicted octanol–water partition coefficient (Wildman–Crippen LogP) is 3.13. The Balaban J connectivity index is 1.97. The third-order valence-corrected chi connectivity index (χ3v) is 3.29. The first-order valence-corrected chi connectivity index (χ1v) is 5.86. The summed E-state index contributed by atoms with van der Waals surface area (Å²) >= 11 is 0. The summed E-state index contributed by atoms with van der Waals surface area (Å²) in [6.45, 7) is 1.75. The summed E-state index contributed by atoms with van der Waals surface area (Å²) < 4.78 is 5.38. The molecule has 0 saturated carbocycles. The van der Waals surface area contributed by atoms with Gasteiger partial charge in [0.2, 0.25) is 0 Å². The molecule has 0 bridgehead atoms. The average molecular weight is 213 g/mol. The van der Waals surface area contributed by atoms with Crippen molar-refractivity contribution in [1.82, 2.24) is 4.98 Å². The van der Waals surface area contributed by atoms with Crippen LogP contribution in [-0.2, 0) is 4.74 Å². The van der Waals surface area contributed by atoms with Gasteiger partial charge in [0, 0.05) is 36.4 Å². The molecule has 1 aromatic carbocycles. The second-order valence-corrected chi connectivity index (χ2v) is 4.34. The first-order valence-electron chi connectivity index (χ1n) is 5.86. The van der Waals surface area contributed by atoms with Crippen molar-refractivity contribution >= 4 is 10.8 Å². The number of hydrogen-bond donors (Lipinski definition) is 0. The van der Waals surface area contributed by atoms with E-state index in [1.165, 1.54) is 16.5 Å². The fourth-order valence-electron chi connectivity index (χ4n) is 2.32. The number of hydrogen-bond acceptors (Lipinski definition) is 2. The van der Waals surface area contributed by atoms with Gasteiger partial charge >= 0.3 is 0 Å². The van der Waals surface area contributed by atoms with Crippen molar-refractivity contribution in [2.45, 2.75) is 18.8 Å². The second kappa shape index (κ2) is 4.22. The highest BCUT2D eigenvalue weighted by Gasteiger charge is 2.17. The summed E-state index contributed by atoms with van der Waals surface area (Å²) in [5.41, 5.74) is 1.22. The first-order chi connectivity index (χ1) is 7.93. The molecule has 1 aliphatic rings. The monoisotopic (exact) mass is 213 g/mol. The lowest BCUT2D eigenvalue weighted by atomic mass is 9.95. The number of fused-ring (bicyclic) bond motifs is 1. The first kappa shape index (κ1) is 9.79. The molecule has 0 atom stereocenters. The van der Waals surface area contributed by atoms with E-state index in [1.807, 2.05) is 6.20 Å². The number of ether oxygens (including phenoxy) is 1. The van der Waals surface area contributed by atoms with Crippen LogP contribution in [0.3, 0.4) is 0 Å². The fraction of sp³-hybridized carbons (Fsp3) is 0.357. The minimum absolute atomic E-state index is 0.582. The molecule has 1 aromatic heterocycles. The normalized spacial score (nSPS) is 17.8. The average Bonchev–Trinajstić information content (AvgIpc) is 2.39. The Morgan fingerprint density at radius 1 is 1.06 bits per heavy atom. The van der Waals surface area contributed by atoms with Crippen LogP contribution in [0.5, 0.6) is 0 Å². The van der Waals surface area contributed by atoms with Gasteiger partial charge in [-0.3, -0.25) is 4.98 Å². The maximum absolute atomic E-state index is 5.38. The van der Waals surface area contributed by atoms with Crippen molar-refractivity contribution < 1.29 is 4.74 Å². The molecule has 1 saturated heterocycles. The lowest BCUT2D eigenvalue weighted by Crippen LogP contribution is -2.14. The molecule has 0 N–H and O–H groups in total. The molecule has 2 nitrogen and oxygen atoms in total. The van der Waals surface area contributed by atoms with E-state index < -0.39 is 0 Å². The highest BCUT2D eigenvalue weighted by Crippen LogP contribution is 2.27. The van der Waals surface area contributed by atoms with Gasteiger partial charge in [-0.15, -0.1) is 0 Å². The lowest BCUT2D eigenvalue weighted by molar-refractivity contribution is 0.0845. The SMILES string of the molecule is c1ccc2cc(C3CCOCC3)ncc2c1. The highest BCUT2D eigenvalue weighted by atomic mass is 16.5. The largest absolute Gasteiger partial charge is 0.381 e. The van der Waals surface area contributed by atoms with Crippen LogP contribution >= 0.6 is 0 Å². The zero-order valence-corrected chi connectivity index (χ0v) is 9.23. The molecule has 82 valence electrons. The molecule has 0 amide bonds. The van der Waals surface area contributed by atoms with Crippen LogP contribution in [0.4, 0.5) is 0 Å². The van der Waals surface area contributed by atoms with Crippen molar-refractivity contribution in [1.29, 1.82) is 0 Å². The quantitative estimate of drug-likeness (QED) is 0.726. The summed E-state index contributed by atoms with van der Waals surface area (Å²) in [7, 11) is 0. The Morgan fingerprint density at radius 2 is 1.81 bits per heavy atom. The maximum atomic E-state index is 5.38. The van der Waals surface area contributed by atoms with E-state index in [0.29, 0.717) is 5.92 Å². The minimum atomic E-state index is 0.582. The van der Waals surface area contributed by atoms with Crippen LogP contribution in [0.15, 0.2) is 36.5 Å². The molecule has 2 heteroatoms. The number of aromatic nitrogens is 1. The minimum Gasteiger partial charge on any atom is -0.381 e. The zero-order chi connectivity index (χ0) is 10.8. The highest BCUT2D eigenvalue weighted by molar-refractivity contribution is 5.81. The van der Waals surface area contributed by atoms with Crippen LogP contribution < -0.4 is 0 Å². The zero-order valence-electron chi connectivity index (χ0n) is 9.23. The van der Waals surface area contributed by atoms with Crippen LogP contribution in [0, 0.1) is 0 Å². The van der Waals surface area contributed by atoms with E-state index in [4.69, 9.17) is 4.74 Å². The molecule has 3 rings (SSSR count). The molecule has 1 fully saturated rings. The molecule has 2 heterocycles. The fourth-order valence-corrected chi connectivity index (χ4v) is 2.32. The van der Waals surface area contributed by atoms with Gasteiger partial charge in [0.1, 0.15) is 0 Å². The molecule has 0 radical (unpaired) electrons. The van der Waals surface area contributed by atoms with Crippen molar-refractivity contribution in [3.8, 4) is 0 Å². The Kier molecular flexibility index (Phi) is 2.58. The van der Waals surface area contributed by atoms with E-state index >= 15 is 0 Å². The van der Waals surface area contributed by atoms with Crippen molar-refractivity contribution in [2.24, 2.45) is 0 Å². The standard InChI is InChI=1S/C14H15NO/c1-2-4-13-10-15-14(9-12(13)3-1)11-5-7-16-8-6-11/h1-4,9-11H,5-8H2. The van der Waals surface area contributed by atoms with Gasteiger partial charge in [-0.05, 0) is 24.3 Å². The molecular formula is C14H15NO. The van der Waals surface area contributed by atoms with Crippen molar-refractivity contribution in [3.63, 3.8) is 0 Å². The summed E-state index contributed by atoms with van der Waals surface area (Å²) in [5, 5.41) is 2.51. The van der Waals surface area contributed by atoms with Gasteiger partial charge in [0.15, 0.2) is 0 Å². The van der Waals surface area contributed by atoms with Crippen LogP contribution in [0.2, 0.25) is 0 Å². The number of pyridine rings is 1. The number of benzene rings is 1. The Morgan fingerprint density at radius 3 is 2.62 bits per heavy atom. The van der Waals surface area contributed by atoms with Gasteiger partial charge in [0.25, 0.3) is 0 Å². The maximum Gasteiger partial charge on any atom is 0.0472 e. The molecule has 0 aliphatic carbocycles. The Bertz CT molecular complexity index is 489. The van der Waals surface area contributed by atoms with Crippen molar-refractivity contribution in [3.05, 3.63) is 42.2 Å². The van der Waals surface area contributed by atoms with E-state index in [9.17, 15) is 0 Å². The van der Waals surface area contributed by atoms with Gasteiger partial charge < -0.3 is 4.74 Å². The van der Waals surface area contributed by atoms with Crippen molar-refractivity contribution in [2.75, 3.05) is 13.2 Å². The van der Waals surface area contributed by atoms with Crippen LogP contribution in [0.1, 0.15) is 24.5 Å². The molecule has 0 unspecified atom stereocenters. The molecule has 0 spiro atoms. The second-order valence-electron chi connectivity index (χ2n) is 4.34. The smallest absolute Gasteiger partial charge is 0.0472 e. The molecule has 16 heavy (non-hydrogen) atoms. The van der Waals surface area contributed by atoms with Crippen LogP contribution in [0.25, 0.3) is 10.8 Å². The summed E-state index contributed by atoms with van der Waals surface area (Å²) in [4.78, 5) is 4.58. The van der Waals surface area contributed by atoms with E-state index in [2.05, 4.69) is 35.3 Å².